The van der Waals surface area contributed by atoms with Crippen molar-refractivity contribution in [1.82, 2.24) is 0 Å². The second-order valence-electron chi connectivity index (χ2n) is 4.28. The molecule has 0 aromatic rings. The molecule has 0 aromatic carbocycles. The fourth-order valence-electron chi connectivity index (χ4n) is 2.74. The topological polar surface area (TPSA) is 20.2 Å². The summed E-state index contributed by atoms with van der Waals surface area (Å²) in [7, 11) is 0. The van der Waals surface area contributed by atoms with Gasteiger partial charge in [-0.3, -0.25) is 0 Å². The molecule has 1 heteroatoms. The summed E-state index contributed by atoms with van der Waals surface area (Å²) in [4.78, 5) is 0. The Morgan fingerprint density at radius 2 is 1.80 bits per heavy atom. The van der Waals surface area contributed by atoms with E-state index in [1.165, 1.54) is 25.7 Å². The fraction of sp³-hybridized carbons (Fsp3) is 1.00. The molecule has 3 fully saturated rings. The maximum Gasteiger partial charge on any atom is 0.0650 e. The van der Waals surface area contributed by atoms with Crippen molar-refractivity contribution in [3.05, 3.63) is 0 Å². The average molecular weight is 140 g/mol. The quantitative estimate of drug-likeness (QED) is 0.545. The van der Waals surface area contributed by atoms with E-state index >= 15 is 0 Å². The lowest BCUT2D eigenvalue weighted by molar-refractivity contribution is -0.0828. The molecule has 58 valence electrons. The van der Waals surface area contributed by atoms with E-state index < -0.39 is 0 Å². The molecule has 1 N–H and O–H groups in total. The fourth-order valence-corrected chi connectivity index (χ4v) is 2.74. The van der Waals surface area contributed by atoms with E-state index in [1.54, 1.807) is 0 Å². The Balaban J connectivity index is 2.15. The highest BCUT2D eigenvalue weighted by atomic mass is 16.3. The third kappa shape index (κ3) is 0.878. The second-order valence-corrected chi connectivity index (χ2v) is 4.28. The van der Waals surface area contributed by atoms with E-state index in [0.717, 1.165) is 12.3 Å². The predicted octanol–water partition coefficient (Wildman–Crippen LogP) is 1.95. The average Bonchev–Trinajstić information content (AvgIpc) is 1.87. The van der Waals surface area contributed by atoms with Gasteiger partial charge in [0.15, 0.2) is 0 Å². The van der Waals surface area contributed by atoms with Crippen molar-refractivity contribution in [2.45, 2.75) is 44.6 Å². The molecule has 1 nitrogen and oxygen atoms in total. The van der Waals surface area contributed by atoms with Gasteiger partial charge in [0, 0.05) is 0 Å². The minimum absolute atomic E-state index is 0.304. The molecule has 10 heavy (non-hydrogen) atoms. The number of fused-ring (bicyclic) bond motifs is 3. The monoisotopic (exact) mass is 140 g/mol. The van der Waals surface area contributed by atoms with Crippen LogP contribution in [0.25, 0.3) is 0 Å². The van der Waals surface area contributed by atoms with Crippen LogP contribution in [0.1, 0.15) is 39.0 Å². The third-order valence-electron chi connectivity index (χ3n) is 3.43. The Morgan fingerprint density at radius 1 is 1.20 bits per heavy atom. The molecule has 3 aliphatic carbocycles. The molecule has 0 saturated heterocycles. The first-order chi connectivity index (χ1) is 4.68. The van der Waals surface area contributed by atoms with E-state index in [-0.39, 0.29) is 5.60 Å². The van der Waals surface area contributed by atoms with Gasteiger partial charge in [0.25, 0.3) is 0 Å². The number of hydrogen-bond acceptors (Lipinski definition) is 1. The van der Waals surface area contributed by atoms with Crippen LogP contribution >= 0.6 is 0 Å². The Morgan fingerprint density at radius 3 is 2.00 bits per heavy atom. The standard InChI is InChI=1S/C9H16O/c1-9(10)6-7-2-4-8(9)5-3-7/h7-8,10H,2-6H2,1H3/t7?,8?,9-/m0/s1. The van der Waals surface area contributed by atoms with Crippen LogP contribution in [0.3, 0.4) is 0 Å². The van der Waals surface area contributed by atoms with E-state index in [4.69, 9.17) is 0 Å². The maximum atomic E-state index is 9.86. The van der Waals surface area contributed by atoms with Crippen LogP contribution in [0.5, 0.6) is 0 Å². The molecule has 0 aromatic heterocycles. The summed E-state index contributed by atoms with van der Waals surface area (Å²) in [6.07, 6.45) is 6.37. The van der Waals surface area contributed by atoms with E-state index in [1.807, 2.05) is 6.92 Å². The lowest BCUT2D eigenvalue weighted by atomic mass is 9.63. The minimum Gasteiger partial charge on any atom is -0.390 e. The van der Waals surface area contributed by atoms with Crippen LogP contribution < -0.4 is 0 Å². The third-order valence-corrected chi connectivity index (χ3v) is 3.43. The van der Waals surface area contributed by atoms with Gasteiger partial charge < -0.3 is 5.11 Å². The van der Waals surface area contributed by atoms with Gasteiger partial charge in [-0.25, -0.2) is 0 Å². The molecule has 2 bridgehead atoms. The second kappa shape index (κ2) is 1.97. The summed E-state index contributed by atoms with van der Waals surface area (Å²) in [6.45, 7) is 2.02. The molecule has 0 amide bonds. The zero-order chi connectivity index (χ0) is 7.19. The molecule has 0 unspecified atom stereocenters. The summed E-state index contributed by atoms with van der Waals surface area (Å²) in [5, 5.41) is 9.86. The summed E-state index contributed by atoms with van der Waals surface area (Å²) in [6, 6.07) is 0. The van der Waals surface area contributed by atoms with Crippen molar-refractivity contribution in [3.63, 3.8) is 0 Å². The first kappa shape index (κ1) is 6.66. The Hall–Kier alpha value is -0.0400. The molecule has 0 heterocycles. The molecule has 3 aliphatic rings. The molecule has 3 rings (SSSR count). The first-order valence-electron chi connectivity index (χ1n) is 4.41. The summed E-state index contributed by atoms with van der Waals surface area (Å²) in [5.74, 6) is 1.47. The minimum atomic E-state index is -0.304. The van der Waals surface area contributed by atoms with Crippen molar-refractivity contribution in [3.8, 4) is 0 Å². The van der Waals surface area contributed by atoms with Crippen molar-refractivity contribution in [1.29, 1.82) is 0 Å². The van der Waals surface area contributed by atoms with Gasteiger partial charge in [0.2, 0.25) is 0 Å². The highest BCUT2D eigenvalue weighted by Gasteiger charge is 2.42. The predicted molar refractivity (Wildman–Crippen MR) is 40.7 cm³/mol. The van der Waals surface area contributed by atoms with Crippen LogP contribution in [-0.2, 0) is 0 Å². The van der Waals surface area contributed by atoms with Gasteiger partial charge in [-0.1, -0.05) is 0 Å². The van der Waals surface area contributed by atoms with Crippen molar-refractivity contribution >= 4 is 0 Å². The van der Waals surface area contributed by atoms with Gasteiger partial charge in [-0.2, -0.15) is 0 Å². The highest BCUT2D eigenvalue weighted by Crippen LogP contribution is 2.46. The zero-order valence-electron chi connectivity index (χ0n) is 6.64. The number of aliphatic hydroxyl groups is 1. The van der Waals surface area contributed by atoms with Gasteiger partial charge >= 0.3 is 0 Å². The number of hydrogen-bond donors (Lipinski definition) is 1. The van der Waals surface area contributed by atoms with Crippen LogP contribution in [0.4, 0.5) is 0 Å². The van der Waals surface area contributed by atoms with Gasteiger partial charge in [0.05, 0.1) is 5.60 Å². The van der Waals surface area contributed by atoms with Gasteiger partial charge in [-0.05, 0) is 50.9 Å². The summed E-state index contributed by atoms with van der Waals surface area (Å²) < 4.78 is 0. The van der Waals surface area contributed by atoms with E-state index in [2.05, 4.69) is 0 Å². The largest absolute Gasteiger partial charge is 0.390 e. The van der Waals surface area contributed by atoms with Gasteiger partial charge in [0.1, 0.15) is 0 Å². The van der Waals surface area contributed by atoms with E-state index in [0.29, 0.717) is 5.92 Å². The van der Waals surface area contributed by atoms with Crippen LogP contribution in [-0.4, -0.2) is 10.7 Å². The molecule has 0 spiro atoms. The molecular formula is C9H16O. The molecule has 1 atom stereocenters. The maximum absolute atomic E-state index is 9.86. The van der Waals surface area contributed by atoms with E-state index in [9.17, 15) is 5.11 Å². The molecular weight excluding hydrogens is 124 g/mol. The highest BCUT2D eigenvalue weighted by molar-refractivity contribution is 4.94. The normalized spacial score (nSPS) is 53.4. The molecule has 0 aliphatic heterocycles. The van der Waals surface area contributed by atoms with Crippen molar-refractivity contribution < 1.29 is 5.11 Å². The Kier molecular flexibility index (Phi) is 1.31. The lowest BCUT2D eigenvalue weighted by Gasteiger charge is -2.46. The SMILES string of the molecule is C[C@]1(O)CC2CCC1CC2. The summed E-state index contributed by atoms with van der Waals surface area (Å²) in [5.41, 5.74) is -0.304. The summed E-state index contributed by atoms with van der Waals surface area (Å²) >= 11 is 0. The number of rotatable bonds is 0. The Bertz CT molecular complexity index is 132. The molecule has 3 saturated carbocycles. The Labute approximate surface area is 62.4 Å². The van der Waals surface area contributed by atoms with Crippen molar-refractivity contribution in [2.75, 3.05) is 0 Å². The lowest BCUT2D eigenvalue weighted by Crippen LogP contribution is -2.44. The van der Waals surface area contributed by atoms with Crippen molar-refractivity contribution in [2.24, 2.45) is 11.8 Å². The van der Waals surface area contributed by atoms with Gasteiger partial charge in [-0.15, -0.1) is 0 Å². The zero-order valence-corrected chi connectivity index (χ0v) is 6.64. The van der Waals surface area contributed by atoms with Crippen LogP contribution in [0, 0.1) is 11.8 Å². The van der Waals surface area contributed by atoms with Crippen LogP contribution in [0.2, 0.25) is 0 Å². The van der Waals surface area contributed by atoms with Crippen LogP contribution in [0.15, 0.2) is 0 Å². The molecule has 0 radical (unpaired) electrons. The first-order valence-corrected chi connectivity index (χ1v) is 4.41. The smallest absolute Gasteiger partial charge is 0.0650 e.